The molecule has 0 fully saturated rings. The van der Waals surface area contributed by atoms with Gasteiger partial charge in [0.05, 0.1) is 18.2 Å². The van der Waals surface area contributed by atoms with Crippen LogP contribution in [0.3, 0.4) is 0 Å². The first kappa shape index (κ1) is 15.3. The molecule has 0 heterocycles. The highest BCUT2D eigenvalue weighted by Crippen LogP contribution is 2.33. The Labute approximate surface area is 126 Å². The van der Waals surface area contributed by atoms with Gasteiger partial charge in [0.1, 0.15) is 0 Å². The number of hydrogen-bond acceptors (Lipinski definition) is 3. The van der Waals surface area contributed by atoms with Crippen molar-refractivity contribution in [1.29, 1.82) is 5.26 Å². The molecule has 1 atom stereocenters. The van der Waals surface area contributed by atoms with Crippen LogP contribution in [0.4, 0.5) is 0 Å². The molecule has 0 saturated carbocycles. The molecule has 1 unspecified atom stereocenters. The number of ether oxygens (including phenoxy) is 1. The molecule has 0 aliphatic heterocycles. The molecule has 21 heavy (non-hydrogen) atoms. The number of benzene rings is 1. The van der Waals surface area contributed by atoms with E-state index in [0.29, 0.717) is 18.9 Å². The molecule has 0 N–H and O–H groups in total. The first-order valence-corrected chi connectivity index (χ1v) is 7.50. The summed E-state index contributed by atoms with van der Waals surface area (Å²) < 4.78 is 5.01. The summed E-state index contributed by atoms with van der Waals surface area (Å²) in [6.07, 6.45) is 5.59. The zero-order chi connectivity index (χ0) is 15.2. The Bertz CT molecular complexity index is 596. The normalized spacial score (nSPS) is 17.8. The van der Waals surface area contributed by atoms with E-state index >= 15 is 0 Å². The van der Waals surface area contributed by atoms with Crippen molar-refractivity contribution < 1.29 is 9.53 Å². The summed E-state index contributed by atoms with van der Waals surface area (Å²) in [4.78, 5) is 11.5. The standard InChI is InChI=1S/C18H21NO2/c1-3-21-18(20)11-14-7-9-15(10-8-14)17-6-4-5-16(12-19)13(17)2/h4-6,9,14H,3,7-8,10-11H2,1-2H3. The van der Waals surface area contributed by atoms with Gasteiger partial charge < -0.3 is 4.74 Å². The lowest BCUT2D eigenvalue weighted by Crippen LogP contribution is -2.14. The van der Waals surface area contributed by atoms with Crippen LogP contribution < -0.4 is 0 Å². The molecule has 110 valence electrons. The van der Waals surface area contributed by atoms with Gasteiger partial charge in [0.2, 0.25) is 0 Å². The van der Waals surface area contributed by atoms with E-state index in [1.807, 2.05) is 26.0 Å². The summed E-state index contributed by atoms with van der Waals surface area (Å²) >= 11 is 0. The molecule has 2 rings (SSSR count). The quantitative estimate of drug-likeness (QED) is 0.785. The minimum atomic E-state index is -0.0954. The Kier molecular flexibility index (Phi) is 5.16. The third-order valence-corrected chi connectivity index (χ3v) is 4.08. The van der Waals surface area contributed by atoms with Crippen molar-refractivity contribution in [1.82, 2.24) is 0 Å². The molecular formula is C18H21NO2. The lowest BCUT2D eigenvalue weighted by atomic mass is 9.83. The third-order valence-electron chi connectivity index (χ3n) is 4.08. The molecular weight excluding hydrogens is 262 g/mol. The Morgan fingerprint density at radius 2 is 2.29 bits per heavy atom. The van der Waals surface area contributed by atoms with Crippen LogP contribution in [0.1, 0.15) is 49.3 Å². The number of rotatable bonds is 4. The Morgan fingerprint density at radius 3 is 2.90 bits per heavy atom. The maximum atomic E-state index is 11.5. The van der Waals surface area contributed by atoms with Gasteiger partial charge in [0.25, 0.3) is 0 Å². The van der Waals surface area contributed by atoms with E-state index in [2.05, 4.69) is 18.2 Å². The van der Waals surface area contributed by atoms with Crippen LogP contribution in [0, 0.1) is 24.2 Å². The number of allylic oxidation sites excluding steroid dienone is 2. The van der Waals surface area contributed by atoms with Crippen molar-refractivity contribution in [3.63, 3.8) is 0 Å². The van der Waals surface area contributed by atoms with Crippen LogP contribution in [-0.2, 0) is 9.53 Å². The Hall–Kier alpha value is -2.08. The van der Waals surface area contributed by atoms with Gasteiger partial charge in [-0.25, -0.2) is 0 Å². The monoisotopic (exact) mass is 283 g/mol. The number of carbonyl (C=O) groups is 1. The second-order valence-electron chi connectivity index (χ2n) is 5.47. The molecule has 1 aromatic rings. The molecule has 1 aliphatic rings. The largest absolute Gasteiger partial charge is 0.466 e. The van der Waals surface area contributed by atoms with Gasteiger partial charge in [-0.15, -0.1) is 0 Å². The molecule has 0 aromatic heterocycles. The lowest BCUT2D eigenvalue weighted by molar-refractivity contribution is -0.144. The highest BCUT2D eigenvalue weighted by molar-refractivity contribution is 5.72. The number of hydrogen-bond donors (Lipinski definition) is 0. The average molecular weight is 283 g/mol. The van der Waals surface area contributed by atoms with Gasteiger partial charge in [0, 0.05) is 6.42 Å². The molecule has 0 amide bonds. The first-order valence-electron chi connectivity index (χ1n) is 7.50. The summed E-state index contributed by atoms with van der Waals surface area (Å²) in [7, 11) is 0. The van der Waals surface area contributed by atoms with E-state index in [9.17, 15) is 4.79 Å². The molecule has 0 saturated heterocycles. The van der Waals surface area contributed by atoms with Crippen LogP contribution in [0.5, 0.6) is 0 Å². The maximum absolute atomic E-state index is 11.5. The number of carbonyl (C=O) groups excluding carboxylic acids is 1. The van der Waals surface area contributed by atoms with E-state index < -0.39 is 0 Å². The van der Waals surface area contributed by atoms with Gasteiger partial charge in [-0.1, -0.05) is 18.2 Å². The molecule has 0 bridgehead atoms. The predicted molar refractivity (Wildman–Crippen MR) is 82.5 cm³/mol. The summed E-state index contributed by atoms with van der Waals surface area (Å²) in [5.74, 6) is 0.286. The first-order chi connectivity index (χ1) is 10.2. The minimum absolute atomic E-state index is 0.0954. The second-order valence-corrected chi connectivity index (χ2v) is 5.47. The number of esters is 1. The smallest absolute Gasteiger partial charge is 0.306 e. The van der Waals surface area contributed by atoms with Crippen LogP contribution in [0.25, 0.3) is 5.57 Å². The number of nitriles is 1. The van der Waals surface area contributed by atoms with Crippen molar-refractivity contribution >= 4 is 11.5 Å². The summed E-state index contributed by atoms with van der Waals surface area (Å²) in [6, 6.07) is 8.10. The molecule has 0 radical (unpaired) electrons. The van der Waals surface area contributed by atoms with Crippen molar-refractivity contribution in [2.24, 2.45) is 5.92 Å². The Balaban J connectivity index is 2.07. The van der Waals surface area contributed by atoms with Crippen molar-refractivity contribution in [3.05, 3.63) is 41.0 Å². The molecule has 3 heteroatoms. The van der Waals surface area contributed by atoms with Gasteiger partial charge >= 0.3 is 5.97 Å². The van der Waals surface area contributed by atoms with Gasteiger partial charge in [-0.05, 0) is 61.8 Å². The van der Waals surface area contributed by atoms with E-state index in [1.54, 1.807) is 0 Å². The average Bonchev–Trinajstić information content (AvgIpc) is 2.49. The van der Waals surface area contributed by atoms with E-state index in [-0.39, 0.29) is 5.97 Å². The molecule has 1 aliphatic carbocycles. The predicted octanol–water partition coefficient (Wildman–Crippen LogP) is 4.00. The van der Waals surface area contributed by atoms with Gasteiger partial charge in [-0.2, -0.15) is 5.26 Å². The molecule has 0 spiro atoms. The van der Waals surface area contributed by atoms with E-state index in [4.69, 9.17) is 10.00 Å². The van der Waals surface area contributed by atoms with E-state index in [0.717, 1.165) is 30.4 Å². The van der Waals surface area contributed by atoms with Crippen LogP contribution in [0.2, 0.25) is 0 Å². The van der Waals surface area contributed by atoms with Crippen molar-refractivity contribution in [2.75, 3.05) is 6.61 Å². The summed E-state index contributed by atoms with van der Waals surface area (Å²) in [6.45, 7) is 4.29. The third kappa shape index (κ3) is 3.72. The van der Waals surface area contributed by atoms with Crippen LogP contribution in [0.15, 0.2) is 24.3 Å². The summed E-state index contributed by atoms with van der Waals surface area (Å²) in [5.41, 5.74) is 4.26. The maximum Gasteiger partial charge on any atom is 0.306 e. The zero-order valence-electron chi connectivity index (χ0n) is 12.7. The van der Waals surface area contributed by atoms with Crippen LogP contribution >= 0.6 is 0 Å². The minimum Gasteiger partial charge on any atom is -0.466 e. The van der Waals surface area contributed by atoms with Gasteiger partial charge in [0.15, 0.2) is 0 Å². The topological polar surface area (TPSA) is 50.1 Å². The SMILES string of the molecule is CCOC(=O)CC1CC=C(c2cccc(C#N)c2C)CC1. The zero-order valence-corrected chi connectivity index (χ0v) is 12.7. The molecule has 3 nitrogen and oxygen atoms in total. The van der Waals surface area contributed by atoms with E-state index in [1.165, 1.54) is 11.1 Å². The van der Waals surface area contributed by atoms with Crippen molar-refractivity contribution in [2.45, 2.75) is 39.5 Å². The molecule has 1 aromatic carbocycles. The fourth-order valence-corrected chi connectivity index (χ4v) is 2.88. The van der Waals surface area contributed by atoms with Crippen molar-refractivity contribution in [3.8, 4) is 6.07 Å². The highest BCUT2D eigenvalue weighted by atomic mass is 16.5. The second kappa shape index (κ2) is 7.08. The highest BCUT2D eigenvalue weighted by Gasteiger charge is 2.20. The fourth-order valence-electron chi connectivity index (χ4n) is 2.88. The lowest BCUT2D eigenvalue weighted by Gasteiger charge is -2.22. The van der Waals surface area contributed by atoms with Gasteiger partial charge in [-0.3, -0.25) is 4.79 Å². The number of nitrogens with zero attached hydrogens (tertiary/aromatic N) is 1. The van der Waals surface area contributed by atoms with Crippen LogP contribution in [-0.4, -0.2) is 12.6 Å². The summed E-state index contributed by atoms with van der Waals surface area (Å²) in [5, 5.41) is 9.11. The Morgan fingerprint density at radius 1 is 1.48 bits per heavy atom. The fraction of sp³-hybridized carbons (Fsp3) is 0.444.